The molecule has 2 aromatic carbocycles. The number of benzene rings is 2. The van der Waals surface area contributed by atoms with Gasteiger partial charge in [-0.05, 0) is 29.3 Å². The lowest BCUT2D eigenvalue weighted by atomic mass is 10.1. The Morgan fingerprint density at radius 1 is 1.03 bits per heavy atom. The normalized spacial score (nSPS) is 11.1. The summed E-state index contributed by atoms with van der Waals surface area (Å²) >= 11 is 1.67. The zero-order chi connectivity index (χ0) is 21.5. The molecule has 4 aromatic rings. The molecule has 0 atom stereocenters. The number of rotatable bonds is 8. The van der Waals surface area contributed by atoms with Crippen LogP contribution in [0.3, 0.4) is 0 Å². The summed E-state index contributed by atoms with van der Waals surface area (Å²) in [6, 6.07) is 22.8. The van der Waals surface area contributed by atoms with Gasteiger partial charge in [0.2, 0.25) is 0 Å². The molecule has 2 aromatic heterocycles. The van der Waals surface area contributed by atoms with Crippen molar-refractivity contribution in [2.45, 2.75) is 19.4 Å². The number of anilines is 1. The standard InChI is InChI=1S/C24H22N6S/c1-30(13-5-12-25)20-10-8-19(9-11-20)16-28-29-23-22-15-21(31-24(22)27-17-26-23)14-18-6-3-2-4-7-18/h2-4,6-11,15,17H,5,13-14,16H2,1H3. The number of nitriles is 1. The lowest BCUT2D eigenvalue weighted by Gasteiger charge is -2.17. The molecule has 31 heavy (non-hydrogen) atoms. The first-order chi connectivity index (χ1) is 15.2. The van der Waals surface area contributed by atoms with Gasteiger partial charge in [-0.3, -0.25) is 0 Å². The third-order valence-corrected chi connectivity index (χ3v) is 5.98. The molecule has 0 radical (unpaired) electrons. The lowest BCUT2D eigenvalue weighted by Crippen LogP contribution is -2.17. The van der Waals surface area contributed by atoms with Crippen molar-refractivity contribution in [2.75, 3.05) is 18.5 Å². The molecular weight excluding hydrogens is 404 g/mol. The fourth-order valence-corrected chi connectivity index (χ4v) is 4.27. The van der Waals surface area contributed by atoms with E-state index in [0.29, 0.717) is 25.3 Å². The zero-order valence-corrected chi connectivity index (χ0v) is 18.1. The fraction of sp³-hybridized carbons (Fsp3) is 0.208. The van der Waals surface area contributed by atoms with Crippen LogP contribution in [0.25, 0.3) is 10.2 Å². The summed E-state index contributed by atoms with van der Waals surface area (Å²) in [7, 11) is 1.99. The zero-order valence-electron chi connectivity index (χ0n) is 17.3. The SMILES string of the molecule is CN(CCC#N)c1ccc(CN=Nc2ncnc3sc(Cc4ccccc4)cc23)cc1. The van der Waals surface area contributed by atoms with Crippen LogP contribution < -0.4 is 4.90 Å². The summed E-state index contributed by atoms with van der Waals surface area (Å²) in [4.78, 5) is 13.0. The first kappa shape index (κ1) is 20.6. The Balaban J connectivity index is 1.44. The van der Waals surface area contributed by atoms with Crippen molar-refractivity contribution < 1.29 is 0 Å². The molecule has 0 spiro atoms. The van der Waals surface area contributed by atoms with Gasteiger partial charge in [0.1, 0.15) is 11.2 Å². The minimum Gasteiger partial charge on any atom is -0.374 e. The summed E-state index contributed by atoms with van der Waals surface area (Å²) in [5.41, 5.74) is 3.42. The number of hydrogen-bond donors (Lipinski definition) is 0. The number of hydrogen-bond acceptors (Lipinski definition) is 7. The van der Waals surface area contributed by atoms with Crippen molar-refractivity contribution >= 4 is 33.1 Å². The highest BCUT2D eigenvalue weighted by Gasteiger charge is 2.09. The Morgan fingerprint density at radius 2 is 1.84 bits per heavy atom. The van der Waals surface area contributed by atoms with E-state index in [9.17, 15) is 0 Å². The quantitative estimate of drug-likeness (QED) is 0.328. The van der Waals surface area contributed by atoms with Gasteiger partial charge in [0.25, 0.3) is 0 Å². The molecule has 4 rings (SSSR count). The third-order valence-electron chi connectivity index (χ3n) is 4.94. The lowest BCUT2D eigenvalue weighted by molar-refractivity contribution is 0.902. The Labute approximate surface area is 185 Å². The maximum Gasteiger partial charge on any atom is 0.185 e. The van der Waals surface area contributed by atoms with E-state index in [1.54, 1.807) is 17.7 Å². The Morgan fingerprint density at radius 3 is 2.61 bits per heavy atom. The molecule has 0 saturated heterocycles. The molecule has 0 aliphatic rings. The van der Waals surface area contributed by atoms with Gasteiger partial charge < -0.3 is 4.90 Å². The monoisotopic (exact) mass is 426 g/mol. The highest BCUT2D eigenvalue weighted by Crippen LogP contribution is 2.31. The summed E-state index contributed by atoms with van der Waals surface area (Å²) < 4.78 is 0. The molecule has 0 amide bonds. The van der Waals surface area contributed by atoms with Crippen LogP contribution in [0.1, 0.15) is 22.4 Å². The van der Waals surface area contributed by atoms with E-state index in [0.717, 1.165) is 27.9 Å². The van der Waals surface area contributed by atoms with E-state index < -0.39 is 0 Å². The van der Waals surface area contributed by atoms with Gasteiger partial charge in [-0.25, -0.2) is 9.97 Å². The van der Waals surface area contributed by atoms with Crippen molar-refractivity contribution in [3.05, 3.63) is 83.0 Å². The molecule has 0 aliphatic carbocycles. The van der Waals surface area contributed by atoms with Crippen LogP contribution in [0.5, 0.6) is 0 Å². The van der Waals surface area contributed by atoms with Crippen molar-refractivity contribution in [1.82, 2.24) is 9.97 Å². The van der Waals surface area contributed by atoms with Crippen LogP contribution in [0.15, 0.2) is 77.2 Å². The van der Waals surface area contributed by atoms with Crippen LogP contribution >= 0.6 is 11.3 Å². The summed E-state index contributed by atoms with van der Waals surface area (Å²) in [5.74, 6) is 0.605. The van der Waals surface area contributed by atoms with Crippen LogP contribution in [0.4, 0.5) is 11.5 Å². The Kier molecular flexibility index (Phi) is 6.60. The van der Waals surface area contributed by atoms with E-state index in [-0.39, 0.29) is 0 Å². The molecule has 2 heterocycles. The van der Waals surface area contributed by atoms with Crippen LogP contribution in [-0.2, 0) is 13.0 Å². The maximum absolute atomic E-state index is 8.72. The minimum atomic E-state index is 0.481. The smallest absolute Gasteiger partial charge is 0.185 e. The average molecular weight is 427 g/mol. The van der Waals surface area contributed by atoms with Gasteiger partial charge >= 0.3 is 0 Å². The summed E-state index contributed by atoms with van der Waals surface area (Å²) in [6.45, 7) is 1.20. The molecule has 7 heteroatoms. The van der Waals surface area contributed by atoms with Crippen molar-refractivity contribution in [3.63, 3.8) is 0 Å². The topological polar surface area (TPSA) is 77.5 Å². The second-order valence-corrected chi connectivity index (χ2v) is 8.30. The number of thiophene rings is 1. The molecular formula is C24H22N6S. The molecule has 154 valence electrons. The van der Waals surface area contributed by atoms with E-state index in [4.69, 9.17) is 5.26 Å². The van der Waals surface area contributed by atoms with E-state index in [1.165, 1.54) is 10.4 Å². The molecule has 0 unspecified atom stereocenters. The Hall–Kier alpha value is -3.63. The largest absolute Gasteiger partial charge is 0.374 e. The predicted octanol–water partition coefficient (Wildman–Crippen LogP) is 5.92. The van der Waals surface area contributed by atoms with Gasteiger partial charge in [0.05, 0.1) is 24.4 Å². The summed E-state index contributed by atoms with van der Waals surface area (Å²) in [5, 5.41) is 18.4. The van der Waals surface area contributed by atoms with Crippen LogP contribution in [-0.4, -0.2) is 23.6 Å². The van der Waals surface area contributed by atoms with E-state index in [2.05, 4.69) is 61.5 Å². The molecule has 0 N–H and O–H groups in total. The van der Waals surface area contributed by atoms with E-state index in [1.807, 2.05) is 37.4 Å². The molecule has 0 fully saturated rings. The van der Waals surface area contributed by atoms with Crippen molar-refractivity contribution in [2.24, 2.45) is 10.2 Å². The average Bonchev–Trinajstić information content (AvgIpc) is 3.22. The van der Waals surface area contributed by atoms with Gasteiger partial charge in [-0.1, -0.05) is 42.5 Å². The Bertz CT molecular complexity index is 1210. The number of aromatic nitrogens is 2. The van der Waals surface area contributed by atoms with Crippen molar-refractivity contribution in [3.8, 4) is 6.07 Å². The van der Waals surface area contributed by atoms with Crippen LogP contribution in [0, 0.1) is 11.3 Å². The summed E-state index contributed by atoms with van der Waals surface area (Å²) in [6.07, 6.45) is 2.93. The highest BCUT2D eigenvalue weighted by molar-refractivity contribution is 7.18. The van der Waals surface area contributed by atoms with Crippen LogP contribution in [0.2, 0.25) is 0 Å². The molecule has 6 nitrogen and oxygen atoms in total. The first-order valence-corrected chi connectivity index (χ1v) is 10.9. The minimum absolute atomic E-state index is 0.481. The molecule has 0 aliphatic heterocycles. The van der Waals surface area contributed by atoms with Crippen molar-refractivity contribution in [1.29, 1.82) is 5.26 Å². The van der Waals surface area contributed by atoms with Gasteiger partial charge in [-0.15, -0.1) is 16.5 Å². The maximum atomic E-state index is 8.72. The van der Waals surface area contributed by atoms with Gasteiger partial charge in [0.15, 0.2) is 5.82 Å². The fourth-order valence-electron chi connectivity index (χ4n) is 3.24. The predicted molar refractivity (Wildman–Crippen MR) is 125 cm³/mol. The molecule has 0 bridgehead atoms. The third kappa shape index (κ3) is 5.30. The van der Waals surface area contributed by atoms with Gasteiger partial charge in [-0.2, -0.15) is 10.4 Å². The second-order valence-electron chi connectivity index (χ2n) is 7.19. The second kappa shape index (κ2) is 9.92. The number of azo groups is 1. The number of nitrogens with zero attached hydrogens (tertiary/aromatic N) is 6. The highest BCUT2D eigenvalue weighted by atomic mass is 32.1. The van der Waals surface area contributed by atoms with E-state index >= 15 is 0 Å². The number of fused-ring (bicyclic) bond motifs is 1. The molecule has 0 saturated carbocycles. The first-order valence-electron chi connectivity index (χ1n) is 10.0. The van der Waals surface area contributed by atoms with Gasteiger partial charge in [0, 0.05) is 30.6 Å².